The molecule has 0 aliphatic heterocycles. The molecule has 1 aliphatic carbocycles. The third-order valence-corrected chi connectivity index (χ3v) is 4.64. The van der Waals surface area contributed by atoms with Crippen LogP contribution < -0.4 is 0 Å². The summed E-state index contributed by atoms with van der Waals surface area (Å²) < 4.78 is 0. The number of Topliss-reactive ketones (excluding diaryl/α,β-unsaturated/α-hetero) is 1. The fourth-order valence-electron chi connectivity index (χ4n) is 3.24. The summed E-state index contributed by atoms with van der Waals surface area (Å²) in [6, 6.07) is 9.73. The molecule has 0 N–H and O–H groups in total. The van der Waals surface area contributed by atoms with E-state index in [9.17, 15) is 4.79 Å². The minimum Gasteiger partial charge on any atom is -0.294 e. The molecule has 1 aromatic rings. The van der Waals surface area contributed by atoms with Crippen LogP contribution in [0.1, 0.15) is 63.2 Å². The lowest BCUT2D eigenvalue weighted by Crippen LogP contribution is -2.26. The van der Waals surface area contributed by atoms with E-state index in [0.29, 0.717) is 17.1 Å². The predicted molar refractivity (Wildman–Crippen MR) is 80.3 cm³/mol. The van der Waals surface area contributed by atoms with E-state index in [4.69, 9.17) is 0 Å². The normalized spacial score (nSPS) is 24.2. The number of carbonyl (C=O) groups excluding carboxylic acids is 1. The Hall–Kier alpha value is -1.11. The molecule has 0 heterocycles. The first-order valence-electron chi connectivity index (χ1n) is 7.55. The van der Waals surface area contributed by atoms with E-state index in [1.807, 2.05) is 30.3 Å². The lowest BCUT2D eigenvalue weighted by Gasteiger charge is -2.36. The molecular weight excluding hydrogens is 232 g/mol. The Morgan fingerprint density at radius 2 is 1.63 bits per heavy atom. The number of carbonyl (C=O) groups is 1. The monoisotopic (exact) mass is 258 g/mol. The second-order valence-corrected chi connectivity index (χ2v) is 7.08. The lowest BCUT2D eigenvalue weighted by atomic mass is 9.69. The Labute approximate surface area is 117 Å². The summed E-state index contributed by atoms with van der Waals surface area (Å²) in [5.74, 6) is 1.75. The molecule has 2 rings (SSSR count). The minimum absolute atomic E-state index is 0.319. The third kappa shape index (κ3) is 3.92. The van der Waals surface area contributed by atoms with Crippen molar-refractivity contribution in [3.05, 3.63) is 35.9 Å². The number of hydrogen-bond acceptors (Lipinski definition) is 1. The van der Waals surface area contributed by atoms with E-state index < -0.39 is 0 Å². The zero-order valence-corrected chi connectivity index (χ0v) is 12.5. The molecule has 0 unspecified atom stereocenters. The molecule has 0 bridgehead atoms. The van der Waals surface area contributed by atoms with Crippen LogP contribution in [0.2, 0.25) is 0 Å². The molecule has 1 saturated carbocycles. The second kappa shape index (κ2) is 5.90. The molecule has 0 spiro atoms. The van der Waals surface area contributed by atoms with Crippen LogP contribution in [0.15, 0.2) is 30.3 Å². The maximum atomic E-state index is 12.2. The molecule has 0 radical (unpaired) electrons. The van der Waals surface area contributed by atoms with Crippen molar-refractivity contribution in [1.82, 2.24) is 0 Å². The molecular formula is C18H26O. The van der Waals surface area contributed by atoms with Crippen molar-refractivity contribution in [2.24, 2.45) is 17.3 Å². The van der Waals surface area contributed by atoms with E-state index in [0.717, 1.165) is 17.9 Å². The molecule has 0 amide bonds. The van der Waals surface area contributed by atoms with E-state index in [1.165, 1.54) is 25.7 Å². The van der Waals surface area contributed by atoms with Gasteiger partial charge in [0.2, 0.25) is 0 Å². The zero-order valence-electron chi connectivity index (χ0n) is 12.5. The quantitative estimate of drug-likeness (QED) is 0.688. The standard InChI is InChI=1S/C18H26O/c1-18(2,3)16-11-9-14(10-12-16)13-17(19)15-7-5-4-6-8-15/h4-8,14,16H,9-13H2,1-3H3. The zero-order chi connectivity index (χ0) is 13.9. The fraction of sp³-hybridized carbons (Fsp3) is 0.611. The van der Waals surface area contributed by atoms with Gasteiger partial charge in [0.15, 0.2) is 5.78 Å². The highest BCUT2D eigenvalue weighted by atomic mass is 16.1. The summed E-state index contributed by atoms with van der Waals surface area (Å²) in [4.78, 5) is 12.2. The van der Waals surface area contributed by atoms with Gasteiger partial charge in [-0.1, -0.05) is 51.1 Å². The van der Waals surface area contributed by atoms with Crippen LogP contribution in [0.5, 0.6) is 0 Å². The van der Waals surface area contributed by atoms with Gasteiger partial charge in [-0.25, -0.2) is 0 Å². The van der Waals surface area contributed by atoms with Gasteiger partial charge < -0.3 is 0 Å². The molecule has 1 aromatic carbocycles. The van der Waals surface area contributed by atoms with Gasteiger partial charge in [-0.15, -0.1) is 0 Å². The van der Waals surface area contributed by atoms with Crippen LogP contribution in [0.4, 0.5) is 0 Å². The molecule has 0 atom stereocenters. The van der Waals surface area contributed by atoms with E-state index in [1.54, 1.807) is 0 Å². The molecule has 0 saturated heterocycles. The molecule has 1 heteroatoms. The summed E-state index contributed by atoms with van der Waals surface area (Å²) in [6.45, 7) is 7.02. The van der Waals surface area contributed by atoms with Gasteiger partial charge in [-0.3, -0.25) is 4.79 Å². The Balaban J connectivity index is 1.85. The molecule has 1 aliphatic rings. The molecule has 104 valence electrons. The molecule has 0 aromatic heterocycles. The summed E-state index contributed by atoms with van der Waals surface area (Å²) in [5.41, 5.74) is 1.30. The summed E-state index contributed by atoms with van der Waals surface area (Å²) in [5, 5.41) is 0. The van der Waals surface area contributed by atoms with Gasteiger partial charge >= 0.3 is 0 Å². The van der Waals surface area contributed by atoms with Crippen LogP contribution in [-0.4, -0.2) is 5.78 Å². The first kappa shape index (κ1) is 14.3. The SMILES string of the molecule is CC(C)(C)C1CCC(CC(=O)c2ccccc2)CC1. The van der Waals surface area contributed by atoms with Crippen LogP contribution in [0.3, 0.4) is 0 Å². The fourth-order valence-corrected chi connectivity index (χ4v) is 3.24. The van der Waals surface area contributed by atoms with Crippen molar-refractivity contribution < 1.29 is 4.79 Å². The van der Waals surface area contributed by atoms with Gasteiger partial charge in [-0.2, -0.15) is 0 Å². The predicted octanol–water partition coefficient (Wildman–Crippen LogP) is 5.11. The number of ketones is 1. The second-order valence-electron chi connectivity index (χ2n) is 7.08. The average Bonchev–Trinajstić information content (AvgIpc) is 2.39. The number of benzene rings is 1. The van der Waals surface area contributed by atoms with E-state index in [2.05, 4.69) is 20.8 Å². The lowest BCUT2D eigenvalue weighted by molar-refractivity contribution is 0.0917. The van der Waals surface area contributed by atoms with Gasteiger partial charge in [0, 0.05) is 12.0 Å². The Bertz CT molecular complexity index is 405. The van der Waals surface area contributed by atoms with Crippen molar-refractivity contribution in [3.63, 3.8) is 0 Å². The highest BCUT2D eigenvalue weighted by Crippen LogP contribution is 2.40. The van der Waals surface area contributed by atoms with Gasteiger partial charge in [0.1, 0.15) is 0 Å². The van der Waals surface area contributed by atoms with Gasteiger partial charge in [0.25, 0.3) is 0 Å². The highest BCUT2D eigenvalue weighted by Gasteiger charge is 2.30. The van der Waals surface area contributed by atoms with Crippen molar-refractivity contribution in [1.29, 1.82) is 0 Å². The van der Waals surface area contributed by atoms with Crippen LogP contribution in [-0.2, 0) is 0 Å². The Morgan fingerprint density at radius 3 is 2.16 bits per heavy atom. The van der Waals surface area contributed by atoms with Crippen molar-refractivity contribution in [2.75, 3.05) is 0 Å². The van der Waals surface area contributed by atoms with Crippen LogP contribution in [0.25, 0.3) is 0 Å². The topological polar surface area (TPSA) is 17.1 Å². The molecule has 1 fully saturated rings. The third-order valence-electron chi connectivity index (χ3n) is 4.64. The summed E-state index contributed by atoms with van der Waals surface area (Å²) >= 11 is 0. The minimum atomic E-state index is 0.319. The first-order valence-corrected chi connectivity index (χ1v) is 7.55. The number of hydrogen-bond donors (Lipinski definition) is 0. The summed E-state index contributed by atoms with van der Waals surface area (Å²) in [7, 11) is 0. The van der Waals surface area contributed by atoms with Gasteiger partial charge in [0.05, 0.1) is 0 Å². The van der Waals surface area contributed by atoms with Crippen molar-refractivity contribution >= 4 is 5.78 Å². The number of rotatable bonds is 3. The summed E-state index contributed by atoms with van der Waals surface area (Å²) in [6.07, 6.45) is 5.76. The van der Waals surface area contributed by atoms with E-state index >= 15 is 0 Å². The average molecular weight is 258 g/mol. The Morgan fingerprint density at radius 1 is 1.05 bits per heavy atom. The van der Waals surface area contributed by atoms with Crippen molar-refractivity contribution in [3.8, 4) is 0 Å². The molecule has 19 heavy (non-hydrogen) atoms. The largest absolute Gasteiger partial charge is 0.294 e. The van der Waals surface area contributed by atoms with Crippen molar-refractivity contribution in [2.45, 2.75) is 52.9 Å². The smallest absolute Gasteiger partial charge is 0.163 e. The van der Waals surface area contributed by atoms with Gasteiger partial charge in [-0.05, 0) is 42.9 Å². The maximum Gasteiger partial charge on any atom is 0.163 e. The maximum absolute atomic E-state index is 12.2. The highest BCUT2D eigenvalue weighted by molar-refractivity contribution is 5.96. The van der Waals surface area contributed by atoms with Crippen LogP contribution >= 0.6 is 0 Å². The molecule has 1 nitrogen and oxygen atoms in total. The van der Waals surface area contributed by atoms with E-state index in [-0.39, 0.29) is 0 Å². The Kier molecular flexibility index (Phi) is 4.44. The first-order chi connectivity index (χ1) is 8.97. The van der Waals surface area contributed by atoms with Crippen LogP contribution in [0, 0.1) is 17.3 Å².